The number of rotatable bonds is 5. The summed E-state index contributed by atoms with van der Waals surface area (Å²) in [4.78, 5) is 26.1. The van der Waals surface area contributed by atoms with Crippen molar-refractivity contribution in [3.8, 4) is 5.75 Å². The molecule has 1 aliphatic heterocycles. The van der Waals surface area contributed by atoms with Crippen LogP contribution in [0.3, 0.4) is 0 Å². The minimum absolute atomic E-state index is 0.135. The van der Waals surface area contributed by atoms with Crippen molar-refractivity contribution in [3.63, 3.8) is 0 Å². The Morgan fingerprint density at radius 2 is 1.56 bits per heavy atom. The lowest BCUT2D eigenvalue weighted by molar-refractivity contribution is -0.141. The number of benzene rings is 3. The molecule has 0 aromatic heterocycles. The van der Waals surface area contributed by atoms with Crippen LogP contribution in [0.1, 0.15) is 24.0 Å². The topological polar surface area (TPSA) is 59.0 Å². The van der Waals surface area contributed by atoms with Gasteiger partial charge in [0.05, 0.1) is 18.1 Å². The number of fused-ring (bicyclic) bond motifs is 4. The normalized spacial score (nSPS) is 27.9. The van der Waals surface area contributed by atoms with Gasteiger partial charge in [-0.05, 0) is 76.3 Å². The van der Waals surface area contributed by atoms with Gasteiger partial charge in [0.2, 0.25) is 0 Å². The maximum Gasteiger partial charge on any atom is 0.254 e. The fourth-order valence-corrected chi connectivity index (χ4v) is 6.53. The average molecular weight is 449 g/mol. The first kappa shape index (κ1) is 19.7. The van der Waals surface area contributed by atoms with Gasteiger partial charge in [-0.2, -0.15) is 10.1 Å². The van der Waals surface area contributed by atoms with E-state index in [2.05, 4.69) is 41.5 Å². The maximum absolute atomic E-state index is 13.0. The minimum Gasteiger partial charge on any atom is -0.489 e. The number of imide groups is 1. The van der Waals surface area contributed by atoms with E-state index < -0.39 is 0 Å². The lowest BCUT2D eigenvalue weighted by Crippen LogP contribution is -2.30. The Bertz CT molecular complexity index is 1350. The molecule has 3 aromatic rings. The molecule has 168 valence electrons. The Balaban J connectivity index is 1.03. The summed E-state index contributed by atoms with van der Waals surface area (Å²) in [5.41, 5.74) is 2.16. The predicted molar refractivity (Wildman–Crippen MR) is 129 cm³/mol. The fourth-order valence-electron chi connectivity index (χ4n) is 6.53. The quantitative estimate of drug-likeness (QED) is 0.315. The van der Waals surface area contributed by atoms with Crippen LogP contribution in [-0.2, 0) is 16.2 Å². The Morgan fingerprint density at radius 3 is 2.26 bits per heavy atom. The van der Waals surface area contributed by atoms with Crippen molar-refractivity contribution < 1.29 is 14.3 Å². The lowest BCUT2D eigenvalue weighted by Gasteiger charge is -2.18. The Kier molecular flexibility index (Phi) is 4.14. The van der Waals surface area contributed by atoms with Crippen LogP contribution in [0, 0.1) is 29.1 Å². The molecule has 2 amide bonds. The number of allylic oxidation sites excluding steroid dienone is 2. The van der Waals surface area contributed by atoms with Gasteiger partial charge in [0.1, 0.15) is 12.4 Å². The number of hydrogen-bond acceptors (Lipinski definition) is 4. The molecule has 3 aliphatic carbocycles. The first-order valence-corrected chi connectivity index (χ1v) is 12.0. The highest BCUT2D eigenvalue weighted by atomic mass is 16.5. The molecule has 7 rings (SSSR count). The van der Waals surface area contributed by atoms with E-state index >= 15 is 0 Å². The third-order valence-electron chi connectivity index (χ3n) is 8.31. The molecule has 1 heterocycles. The SMILES string of the molecule is O=C1[C@H]2[C@H](C(=O)N1/N=C\c1ccc(OCc3cccc4ccccc34)cc1)[C@H]1C=C[C@H]2C12CC2. The number of hydrazone groups is 1. The summed E-state index contributed by atoms with van der Waals surface area (Å²) in [5.74, 6) is 0.493. The molecule has 1 spiro atoms. The van der Waals surface area contributed by atoms with E-state index in [9.17, 15) is 9.59 Å². The molecule has 1 saturated heterocycles. The Hall–Kier alpha value is -3.73. The molecule has 2 saturated carbocycles. The molecule has 4 aliphatic rings. The van der Waals surface area contributed by atoms with E-state index in [4.69, 9.17) is 4.74 Å². The van der Waals surface area contributed by atoms with E-state index in [1.165, 1.54) is 10.8 Å². The van der Waals surface area contributed by atoms with Crippen LogP contribution in [-0.4, -0.2) is 23.0 Å². The van der Waals surface area contributed by atoms with Crippen LogP contribution in [0.25, 0.3) is 10.8 Å². The molecule has 3 aromatic carbocycles. The standard InChI is InChI=1S/C29H24N2O3/c32-27-25-23-12-13-24(29(23)14-15-29)26(25)28(33)31(27)30-16-18-8-10-21(11-9-18)34-17-20-6-3-5-19-4-1-2-7-22(19)20/h1-13,16,23-26H,14-15,17H2/b30-16-/t23-,24-,25-,26-/m1/s1. The summed E-state index contributed by atoms with van der Waals surface area (Å²) < 4.78 is 6.00. The van der Waals surface area contributed by atoms with Crippen molar-refractivity contribution in [1.29, 1.82) is 0 Å². The van der Waals surface area contributed by atoms with E-state index in [0.29, 0.717) is 6.61 Å². The van der Waals surface area contributed by atoms with Crippen LogP contribution in [0.5, 0.6) is 5.75 Å². The number of ether oxygens (including phenoxy) is 1. The Labute approximate surface area is 197 Å². The number of carbonyl (C=O) groups excluding carboxylic acids is 2. The van der Waals surface area contributed by atoms with Crippen LogP contribution in [0.2, 0.25) is 0 Å². The second-order valence-corrected chi connectivity index (χ2v) is 9.95. The van der Waals surface area contributed by atoms with Crippen molar-refractivity contribution >= 4 is 28.8 Å². The highest BCUT2D eigenvalue weighted by molar-refractivity contribution is 6.07. The molecule has 4 atom stereocenters. The van der Waals surface area contributed by atoms with Crippen molar-refractivity contribution in [2.75, 3.05) is 0 Å². The van der Waals surface area contributed by atoms with Gasteiger partial charge in [0.25, 0.3) is 11.8 Å². The van der Waals surface area contributed by atoms with Gasteiger partial charge in [-0.25, -0.2) is 0 Å². The first-order valence-electron chi connectivity index (χ1n) is 12.0. The zero-order chi connectivity index (χ0) is 22.9. The van der Waals surface area contributed by atoms with Crippen LogP contribution < -0.4 is 4.74 Å². The van der Waals surface area contributed by atoms with Crippen molar-refractivity contribution in [2.45, 2.75) is 19.4 Å². The number of hydrogen-bond donors (Lipinski definition) is 0. The molecule has 5 heteroatoms. The minimum atomic E-state index is -0.216. The van der Waals surface area contributed by atoms with E-state index in [-0.39, 0.29) is 40.9 Å². The molecule has 34 heavy (non-hydrogen) atoms. The molecule has 0 radical (unpaired) electrons. The first-order chi connectivity index (χ1) is 16.7. The fraction of sp³-hybridized carbons (Fsp3) is 0.276. The zero-order valence-corrected chi connectivity index (χ0v) is 18.6. The average Bonchev–Trinajstić information content (AvgIpc) is 3.47. The molecular weight excluding hydrogens is 424 g/mol. The lowest BCUT2D eigenvalue weighted by atomic mass is 9.85. The van der Waals surface area contributed by atoms with Crippen molar-refractivity contribution in [1.82, 2.24) is 5.01 Å². The van der Waals surface area contributed by atoms with Crippen LogP contribution >= 0.6 is 0 Å². The smallest absolute Gasteiger partial charge is 0.254 e. The van der Waals surface area contributed by atoms with Crippen LogP contribution in [0.4, 0.5) is 0 Å². The van der Waals surface area contributed by atoms with Gasteiger partial charge in [0.15, 0.2) is 0 Å². The molecule has 0 N–H and O–H groups in total. The summed E-state index contributed by atoms with van der Waals surface area (Å²) >= 11 is 0. The van der Waals surface area contributed by atoms with Gasteiger partial charge < -0.3 is 4.74 Å². The monoisotopic (exact) mass is 448 g/mol. The van der Waals surface area contributed by atoms with Gasteiger partial charge in [0, 0.05) is 0 Å². The van der Waals surface area contributed by atoms with Gasteiger partial charge in [-0.15, -0.1) is 0 Å². The van der Waals surface area contributed by atoms with Crippen LogP contribution in [0.15, 0.2) is 84.0 Å². The molecular formula is C29H24N2O3. The van der Waals surface area contributed by atoms with Gasteiger partial charge in [-0.1, -0.05) is 54.6 Å². The molecule has 2 bridgehead atoms. The third kappa shape index (κ3) is 2.76. The number of amides is 2. The highest BCUT2D eigenvalue weighted by Crippen LogP contribution is 2.73. The zero-order valence-electron chi connectivity index (χ0n) is 18.6. The van der Waals surface area contributed by atoms with Gasteiger partial charge >= 0.3 is 0 Å². The number of carbonyl (C=O) groups is 2. The van der Waals surface area contributed by atoms with Gasteiger partial charge in [-0.3, -0.25) is 9.59 Å². The van der Waals surface area contributed by atoms with E-state index in [1.54, 1.807) is 6.21 Å². The number of nitrogens with zero attached hydrogens (tertiary/aromatic N) is 2. The highest BCUT2D eigenvalue weighted by Gasteiger charge is 2.73. The summed E-state index contributed by atoms with van der Waals surface area (Å²) in [6.45, 7) is 0.478. The second kappa shape index (κ2) is 7.13. The summed E-state index contributed by atoms with van der Waals surface area (Å²) in [7, 11) is 0. The summed E-state index contributed by atoms with van der Waals surface area (Å²) in [5, 5.41) is 7.80. The molecule has 3 fully saturated rings. The predicted octanol–water partition coefficient (Wildman–Crippen LogP) is 4.95. The summed E-state index contributed by atoms with van der Waals surface area (Å²) in [6, 6.07) is 22.0. The summed E-state index contributed by atoms with van der Waals surface area (Å²) in [6.07, 6.45) is 8.22. The van der Waals surface area contributed by atoms with Crippen molar-refractivity contribution in [2.24, 2.45) is 34.2 Å². The molecule has 5 nitrogen and oxygen atoms in total. The largest absolute Gasteiger partial charge is 0.489 e. The molecule has 0 unspecified atom stereocenters. The van der Waals surface area contributed by atoms with E-state index in [0.717, 1.165) is 34.7 Å². The maximum atomic E-state index is 13.0. The Morgan fingerprint density at radius 1 is 0.882 bits per heavy atom. The van der Waals surface area contributed by atoms with E-state index in [1.807, 2.05) is 42.5 Å². The second-order valence-electron chi connectivity index (χ2n) is 9.95. The third-order valence-corrected chi connectivity index (χ3v) is 8.31. The van der Waals surface area contributed by atoms with Crippen molar-refractivity contribution in [3.05, 3.63) is 90.0 Å².